The van der Waals surface area contributed by atoms with Gasteiger partial charge in [0.25, 0.3) is 0 Å². The van der Waals surface area contributed by atoms with E-state index in [2.05, 4.69) is 23.8 Å². The molecule has 10 nitrogen and oxygen atoms in total. The first-order valence-corrected chi connectivity index (χ1v) is 16.5. The molecule has 0 saturated heterocycles. The third-order valence-corrected chi connectivity index (χ3v) is 7.38. The Morgan fingerprint density at radius 3 is 1.44 bits per heavy atom. The van der Waals surface area contributed by atoms with Crippen molar-refractivity contribution in [3.05, 3.63) is 36.4 Å². The molecule has 0 radical (unpaired) electrons. The fourth-order valence-corrected chi connectivity index (χ4v) is 4.85. The summed E-state index contributed by atoms with van der Waals surface area (Å²) in [4.78, 5) is 33.1. The Hall–Kier alpha value is -4.08. The number of rotatable bonds is 22. The van der Waals surface area contributed by atoms with E-state index in [9.17, 15) is 9.59 Å². The van der Waals surface area contributed by atoms with Crippen LogP contribution in [0.15, 0.2) is 45.2 Å². The number of fused-ring (bicyclic) bond motifs is 2. The van der Waals surface area contributed by atoms with Crippen molar-refractivity contribution in [2.24, 2.45) is 0 Å². The normalized spacial score (nSPS) is 11.2. The van der Waals surface area contributed by atoms with Gasteiger partial charge in [0.1, 0.15) is 22.5 Å². The number of unbranched alkanes of at least 4 members (excludes halogenated alkanes) is 10. The fourth-order valence-electron chi connectivity index (χ4n) is 4.85. The van der Waals surface area contributed by atoms with Crippen LogP contribution < -0.4 is 18.9 Å². The molecule has 10 heteroatoms. The smallest absolute Gasteiger partial charge is 0.402 e. The highest BCUT2D eigenvalue weighted by Gasteiger charge is 2.16. The van der Waals surface area contributed by atoms with E-state index < -0.39 is 11.9 Å². The van der Waals surface area contributed by atoms with Crippen molar-refractivity contribution in [2.45, 2.75) is 110 Å². The molecule has 2 aromatic heterocycles. The number of nitrogens with zero attached hydrogens (tertiary/aromatic N) is 2. The molecule has 0 aliphatic carbocycles. The minimum Gasteiger partial charge on any atom is -0.493 e. The molecule has 0 unspecified atom stereocenters. The van der Waals surface area contributed by atoms with Crippen LogP contribution in [0.1, 0.15) is 110 Å². The van der Waals surface area contributed by atoms with Gasteiger partial charge in [0.05, 0.1) is 13.2 Å². The van der Waals surface area contributed by atoms with Crippen molar-refractivity contribution in [1.29, 1.82) is 0 Å². The SMILES string of the molecule is CCCCCCCCOc1ccc2nc(OC(=O)CCCC(=O)Oc3nc4ccc(OCCCCCCCC)cc4o3)oc2c1. The monoisotopic (exact) mass is 622 g/mol. The number of hydrogen-bond acceptors (Lipinski definition) is 10. The Morgan fingerprint density at radius 1 is 0.578 bits per heavy atom. The molecule has 0 bridgehead atoms. The Morgan fingerprint density at radius 2 is 1.00 bits per heavy atom. The Bertz CT molecular complexity index is 1370. The number of benzene rings is 2. The van der Waals surface area contributed by atoms with Crippen LogP contribution in [0, 0.1) is 0 Å². The topological polar surface area (TPSA) is 123 Å². The minimum atomic E-state index is -0.566. The molecule has 0 amide bonds. The first kappa shape index (κ1) is 33.8. The fraction of sp³-hybridized carbons (Fsp3) is 0.543. The molecular weight excluding hydrogens is 576 g/mol. The molecule has 4 rings (SSSR count). The average molecular weight is 623 g/mol. The van der Waals surface area contributed by atoms with Gasteiger partial charge < -0.3 is 27.8 Å². The lowest BCUT2D eigenvalue weighted by Gasteiger charge is -2.05. The molecule has 244 valence electrons. The zero-order valence-electron chi connectivity index (χ0n) is 26.6. The standard InChI is InChI=1S/C35H46N2O8/c1-3-5-7-9-11-13-22-40-26-18-20-28-30(24-26)42-34(36-28)44-32(38)16-15-17-33(39)45-35-37-29-21-19-27(25-31(29)43-35)41-23-14-12-10-8-6-4-2/h18-21,24-25H,3-17,22-23H2,1-2H3. The summed E-state index contributed by atoms with van der Waals surface area (Å²) in [5, 5.41) is 0. The second-order valence-corrected chi connectivity index (χ2v) is 11.3. The van der Waals surface area contributed by atoms with Gasteiger partial charge in [-0.1, -0.05) is 78.1 Å². The molecule has 0 aliphatic heterocycles. The lowest BCUT2D eigenvalue weighted by atomic mass is 10.1. The zero-order chi connectivity index (χ0) is 31.7. The Labute approximate surface area is 264 Å². The number of oxazole rings is 2. The first-order valence-electron chi connectivity index (χ1n) is 16.5. The van der Waals surface area contributed by atoms with Crippen LogP contribution in [0.5, 0.6) is 23.7 Å². The van der Waals surface area contributed by atoms with E-state index in [0.29, 0.717) is 46.9 Å². The van der Waals surface area contributed by atoms with Gasteiger partial charge in [0.15, 0.2) is 11.2 Å². The maximum atomic E-state index is 12.3. The molecule has 4 aromatic rings. The quantitative estimate of drug-likeness (QED) is 0.0619. The van der Waals surface area contributed by atoms with Gasteiger partial charge in [0.2, 0.25) is 0 Å². The highest BCUT2D eigenvalue weighted by molar-refractivity contribution is 5.78. The summed E-state index contributed by atoms with van der Waals surface area (Å²) in [5.74, 6) is 0.230. The second-order valence-electron chi connectivity index (χ2n) is 11.3. The molecule has 0 spiro atoms. The number of aromatic nitrogens is 2. The van der Waals surface area contributed by atoms with Crippen LogP contribution in [-0.2, 0) is 9.59 Å². The van der Waals surface area contributed by atoms with E-state index in [0.717, 1.165) is 25.7 Å². The maximum Gasteiger partial charge on any atom is 0.402 e. The Kier molecular flexibility index (Phi) is 14.0. The summed E-state index contributed by atoms with van der Waals surface area (Å²) < 4.78 is 33.3. The Balaban J connectivity index is 1.13. The van der Waals surface area contributed by atoms with Gasteiger partial charge >= 0.3 is 24.1 Å². The predicted octanol–water partition coefficient (Wildman–Crippen LogP) is 9.13. The van der Waals surface area contributed by atoms with Crippen molar-refractivity contribution >= 4 is 34.1 Å². The van der Waals surface area contributed by atoms with E-state index in [4.69, 9.17) is 27.8 Å². The molecule has 0 saturated carbocycles. The van der Waals surface area contributed by atoms with Crippen LogP contribution in [0.25, 0.3) is 22.2 Å². The highest BCUT2D eigenvalue weighted by atomic mass is 16.6. The zero-order valence-corrected chi connectivity index (χ0v) is 26.6. The third-order valence-electron chi connectivity index (χ3n) is 7.38. The number of esters is 2. The van der Waals surface area contributed by atoms with Crippen LogP contribution in [0.2, 0.25) is 0 Å². The van der Waals surface area contributed by atoms with Crippen LogP contribution in [0.3, 0.4) is 0 Å². The van der Waals surface area contributed by atoms with E-state index in [1.54, 1.807) is 24.3 Å². The molecule has 0 fully saturated rings. The average Bonchev–Trinajstić information content (AvgIpc) is 3.62. The highest BCUT2D eigenvalue weighted by Crippen LogP contribution is 2.27. The van der Waals surface area contributed by atoms with Crippen LogP contribution in [0.4, 0.5) is 0 Å². The largest absolute Gasteiger partial charge is 0.493 e. The summed E-state index contributed by atoms with van der Waals surface area (Å²) in [7, 11) is 0. The molecule has 45 heavy (non-hydrogen) atoms. The molecular formula is C35H46N2O8. The second kappa shape index (κ2) is 18.7. The van der Waals surface area contributed by atoms with Crippen LogP contribution in [-0.4, -0.2) is 35.1 Å². The molecule has 0 atom stereocenters. The van der Waals surface area contributed by atoms with Crippen LogP contribution >= 0.6 is 0 Å². The summed E-state index contributed by atoms with van der Waals surface area (Å²) in [5.41, 5.74) is 2.06. The van der Waals surface area contributed by atoms with Crippen molar-refractivity contribution in [3.8, 4) is 23.7 Å². The number of ether oxygens (including phenoxy) is 4. The van der Waals surface area contributed by atoms with E-state index in [1.807, 2.05) is 12.1 Å². The van der Waals surface area contributed by atoms with Gasteiger partial charge in [-0.3, -0.25) is 9.59 Å². The summed E-state index contributed by atoms with van der Waals surface area (Å²) in [6.07, 6.45) is 14.2. The summed E-state index contributed by atoms with van der Waals surface area (Å²) in [6.45, 7) is 5.69. The number of carbonyl (C=O) groups is 2. The number of hydrogen-bond donors (Lipinski definition) is 0. The summed E-state index contributed by atoms with van der Waals surface area (Å²) in [6, 6.07) is 10.6. The maximum absolute atomic E-state index is 12.3. The molecule has 2 aromatic carbocycles. The van der Waals surface area contributed by atoms with Gasteiger partial charge in [-0.25, -0.2) is 0 Å². The van der Waals surface area contributed by atoms with Gasteiger partial charge in [-0.2, -0.15) is 9.97 Å². The van der Waals surface area contributed by atoms with Crippen molar-refractivity contribution in [1.82, 2.24) is 9.97 Å². The minimum absolute atomic E-state index is 0.0205. The number of carbonyl (C=O) groups excluding carboxylic acids is 2. The van der Waals surface area contributed by atoms with E-state index in [-0.39, 0.29) is 31.4 Å². The molecule has 0 N–H and O–H groups in total. The van der Waals surface area contributed by atoms with Gasteiger partial charge in [-0.05, 0) is 43.5 Å². The third kappa shape index (κ3) is 11.7. The van der Waals surface area contributed by atoms with Crippen molar-refractivity contribution < 1.29 is 37.4 Å². The van der Waals surface area contributed by atoms with Gasteiger partial charge in [-0.15, -0.1) is 0 Å². The lowest BCUT2D eigenvalue weighted by Crippen LogP contribution is -2.11. The van der Waals surface area contributed by atoms with E-state index in [1.165, 1.54) is 51.4 Å². The summed E-state index contributed by atoms with van der Waals surface area (Å²) >= 11 is 0. The van der Waals surface area contributed by atoms with Crippen molar-refractivity contribution in [2.75, 3.05) is 13.2 Å². The molecule has 0 aliphatic rings. The first-order chi connectivity index (χ1) is 22.0. The van der Waals surface area contributed by atoms with Gasteiger partial charge in [0, 0.05) is 25.0 Å². The lowest BCUT2D eigenvalue weighted by molar-refractivity contribution is -0.137. The predicted molar refractivity (Wildman–Crippen MR) is 171 cm³/mol. The molecule has 2 heterocycles. The van der Waals surface area contributed by atoms with Crippen molar-refractivity contribution in [3.63, 3.8) is 0 Å². The van der Waals surface area contributed by atoms with E-state index >= 15 is 0 Å².